The van der Waals surface area contributed by atoms with Crippen molar-refractivity contribution >= 4 is 25.8 Å². The second-order valence-electron chi connectivity index (χ2n) is 4.43. The van der Waals surface area contributed by atoms with Crippen LogP contribution in [0, 0.1) is 0 Å². The Bertz CT molecular complexity index is 537. The van der Waals surface area contributed by atoms with Gasteiger partial charge in [0.05, 0.1) is 10.6 Å². The summed E-state index contributed by atoms with van der Waals surface area (Å²) in [7, 11) is -3.11. The second-order valence-corrected chi connectivity index (χ2v) is 7.26. The lowest BCUT2D eigenvalue weighted by atomic mass is 10.1. The van der Waals surface area contributed by atoms with Crippen molar-refractivity contribution in [1.82, 2.24) is 5.32 Å². The van der Waals surface area contributed by atoms with Gasteiger partial charge in [0.2, 0.25) is 0 Å². The third-order valence-corrected chi connectivity index (χ3v) is 5.86. The summed E-state index contributed by atoms with van der Waals surface area (Å²) >= 11 is 3.33. The van der Waals surface area contributed by atoms with Gasteiger partial charge in [-0.05, 0) is 40.4 Å². The first-order valence-corrected chi connectivity index (χ1v) is 7.80. The molecule has 0 saturated heterocycles. The first kappa shape index (κ1) is 10.7. The highest BCUT2D eigenvalue weighted by Crippen LogP contribution is 2.39. The molecule has 0 aromatic heterocycles. The first-order valence-electron chi connectivity index (χ1n) is 5.35. The standard InChI is InChI=1S/C11H12BrNO2S/c12-9-3-1-2-8-10(13-7-4-5-7)6-16(14,15)11(8)9/h1-3,7,10,13H,4-6H2. The summed E-state index contributed by atoms with van der Waals surface area (Å²) in [5.74, 6) is 0.196. The molecule has 1 aliphatic carbocycles. The molecule has 5 heteroatoms. The van der Waals surface area contributed by atoms with Gasteiger partial charge >= 0.3 is 0 Å². The van der Waals surface area contributed by atoms with Crippen LogP contribution in [0.1, 0.15) is 24.4 Å². The molecule has 0 radical (unpaired) electrons. The lowest BCUT2D eigenvalue weighted by Gasteiger charge is -2.11. The molecule has 1 aliphatic heterocycles. The largest absolute Gasteiger partial charge is 0.306 e. The Balaban J connectivity index is 2.07. The van der Waals surface area contributed by atoms with Gasteiger partial charge in [0.1, 0.15) is 0 Å². The van der Waals surface area contributed by atoms with Gasteiger partial charge in [-0.25, -0.2) is 8.42 Å². The van der Waals surface area contributed by atoms with Gasteiger partial charge < -0.3 is 5.32 Å². The molecule has 1 atom stereocenters. The first-order chi connectivity index (χ1) is 7.58. The van der Waals surface area contributed by atoms with Crippen molar-refractivity contribution in [2.24, 2.45) is 0 Å². The summed E-state index contributed by atoms with van der Waals surface area (Å²) in [6, 6.07) is 6.08. The summed E-state index contributed by atoms with van der Waals surface area (Å²) < 4.78 is 24.7. The molecule has 1 fully saturated rings. The molecule has 16 heavy (non-hydrogen) atoms. The molecule has 0 amide bonds. The molecule has 1 heterocycles. The van der Waals surface area contributed by atoms with Gasteiger partial charge in [-0.2, -0.15) is 0 Å². The smallest absolute Gasteiger partial charge is 0.181 e. The van der Waals surface area contributed by atoms with E-state index < -0.39 is 9.84 Å². The molecule has 0 spiro atoms. The van der Waals surface area contributed by atoms with Crippen molar-refractivity contribution in [3.05, 3.63) is 28.2 Å². The zero-order valence-corrected chi connectivity index (χ0v) is 11.0. The monoisotopic (exact) mass is 301 g/mol. The normalized spacial score (nSPS) is 26.7. The molecule has 3 rings (SSSR count). The SMILES string of the molecule is O=S1(=O)CC(NC2CC2)c2cccc(Br)c21. The number of hydrogen-bond acceptors (Lipinski definition) is 3. The van der Waals surface area contributed by atoms with Crippen LogP contribution >= 0.6 is 15.9 Å². The van der Waals surface area contributed by atoms with Gasteiger partial charge in [0.15, 0.2) is 9.84 Å². The fourth-order valence-corrected chi connectivity index (χ4v) is 5.13. The number of sulfone groups is 1. The van der Waals surface area contributed by atoms with Crippen LogP contribution in [0.15, 0.2) is 27.6 Å². The molecule has 0 bridgehead atoms. The molecule has 3 nitrogen and oxygen atoms in total. The molecule has 2 aliphatic rings. The van der Waals surface area contributed by atoms with E-state index in [-0.39, 0.29) is 11.8 Å². The van der Waals surface area contributed by atoms with Gasteiger partial charge in [-0.1, -0.05) is 12.1 Å². The molecular weight excluding hydrogens is 290 g/mol. The Morgan fingerprint density at radius 2 is 2.06 bits per heavy atom. The lowest BCUT2D eigenvalue weighted by Crippen LogP contribution is -2.24. The fourth-order valence-electron chi connectivity index (χ4n) is 2.19. The predicted octanol–water partition coefficient (Wildman–Crippen LogP) is 2.03. The van der Waals surface area contributed by atoms with Crippen molar-refractivity contribution in [1.29, 1.82) is 0 Å². The Kier molecular flexibility index (Phi) is 2.38. The van der Waals surface area contributed by atoms with Crippen LogP contribution in [0.25, 0.3) is 0 Å². The number of halogens is 1. The van der Waals surface area contributed by atoms with Crippen LogP contribution in [-0.4, -0.2) is 20.2 Å². The molecular formula is C11H12BrNO2S. The fraction of sp³-hybridized carbons (Fsp3) is 0.455. The van der Waals surface area contributed by atoms with Gasteiger partial charge in [0.25, 0.3) is 0 Å². The van der Waals surface area contributed by atoms with Crippen LogP contribution in [0.2, 0.25) is 0 Å². The molecule has 86 valence electrons. The minimum Gasteiger partial charge on any atom is -0.306 e. The van der Waals surface area contributed by atoms with E-state index in [9.17, 15) is 8.42 Å². The highest BCUT2D eigenvalue weighted by atomic mass is 79.9. The highest BCUT2D eigenvalue weighted by Gasteiger charge is 2.38. The number of fused-ring (bicyclic) bond motifs is 1. The maximum atomic E-state index is 12.0. The molecule has 1 unspecified atom stereocenters. The minimum atomic E-state index is -3.11. The van der Waals surface area contributed by atoms with E-state index in [4.69, 9.17) is 0 Å². The van der Waals surface area contributed by atoms with E-state index in [0.29, 0.717) is 15.4 Å². The lowest BCUT2D eigenvalue weighted by molar-refractivity contribution is 0.564. The Morgan fingerprint density at radius 3 is 2.75 bits per heavy atom. The Morgan fingerprint density at radius 1 is 1.31 bits per heavy atom. The summed E-state index contributed by atoms with van der Waals surface area (Å²) in [4.78, 5) is 0.480. The van der Waals surface area contributed by atoms with Gasteiger partial charge in [-0.3, -0.25) is 0 Å². The minimum absolute atomic E-state index is 0.0231. The molecule has 1 N–H and O–H groups in total. The number of benzene rings is 1. The van der Waals surface area contributed by atoms with Crippen LogP contribution in [0.5, 0.6) is 0 Å². The number of rotatable bonds is 2. The molecule has 1 saturated carbocycles. The molecule has 1 aromatic carbocycles. The maximum Gasteiger partial charge on any atom is 0.181 e. The van der Waals surface area contributed by atoms with E-state index in [1.54, 1.807) is 6.07 Å². The van der Waals surface area contributed by atoms with Crippen molar-refractivity contribution in [2.45, 2.75) is 29.8 Å². The third kappa shape index (κ3) is 1.71. The Hall–Kier alpha value is -0.390. The average molecular weight is 302 g/mol. The third-order valence-electron chi connectivity index (χ3n) is 3.08. The predicted molar refractivity (Wildman–Crippen MR) is 65.1 cm³/mol. The second kappa shape index (κ2) is 3.55. The summed E-state index contributed by atoms with van der Waals surface area (Å²) in [5, 5.41) is 3.39. The van der Waals surface area contributed by atoms with E-state index in [1.807, 2.05) is 12.1 Å². The van der Waals surface area contributed by atoms with Gasteiger partial charge in [0, 0.05) is 16.6 Å². The van der Waals surface area contributed by atoms with Crippen LogP contribution in [0.3, 0.4) is 0 Å². The van der Waals surface area contributed by atoms with Crippen molar-refractivity contribution in [3.63, 3.8) is 0 Å². The van der Waals surface area contributed by atoms with E-state index >= 15 is 0 Å². The quantitative estimate of drug-likeness (QED) is 0.909. The van der Waals surface area contributed by atoms with E-state index in [0.717, 1.165) is 5.56 Å². The Labute approximate surface area is 103 Å². The van der Waals surface area contributed by atoms with Crippen LogP contribution in [-0.2, 0) is 9.84 Å². The van der Waals surface area contributed by atoms with Crippen LogP contribution < -0.4 is 5.32 Å². The maximum absolute atomic E-state index is 12.0. The van der Waals surface area contributed by atoms with E-state index in [1.165, 1.54) is 12.8 Å². The summed E-state index contributed by atoms with van der Waals surface area (Å²) in [6.45, 7) is 0. The van der Waals surface area contributed by atoms with Crippen LogP contribution in [0.4, 0.5) is 0 Å². The summed E-state index contributed by atoms with van der Waals surface area (Å²) in [6.07, 6.45) is 2.33. The van der Waals surface area contributed by atoms with Crippen molar-refractivity contribution in [3.8, 4) is 0 Å². The van der Waals surface area contributed by atoms with Crippen molar-refractivity contribution in [2.75, 3.05) is 5.75 Å². The zero-order valence-electron chi connectivity index (χ0n) is 8.61. The van der Waals surface area contributed by atoms with E-state index in [2.05, 4.69) is 21.2 Å². The van der Waals surface area contributed by atoms with Gasteiger partial charge in [-0.15, -0.1) is 0 Å². The molecule has 1 aromatic rings. The highest BCUT2D eigenvalue weighted by molar-refractivity contribution is 9.10. The number of nitrogens with one attached hydrogen (secondary N) is 1. The zero-order chi connectivity index (χ0) is 11.3. The number of hydrogen-bond donors (Lipinski definition) is 1. The average Bonchev–Trinajstić information content (AvgIpc) is 2.95. The summed E-state index contributed by atoms with van der Waals surface area (Å²) in [5.41, 5.74) is 0.918. The van der Waals surface area contributed by atoms with Crippen molar-refractivity contribution < 1.29 is 8.42 Å². The topological polar surface area (TPSA) is 46.2 Å².